The van der Waals surface area contributed by atoms with E-state index in [0.717, 1.165) is 43.2 Å². The average molecular weight is 353 g/mol. The molecule has 2 aromatic rings. The highest BCUT2D eigenvalue weighted by atomic mass is 32.2. The van der Waals surface area contributed by atoms with E-state index in [0.29, 0.717) is 19.0 Å². The minimum Gasteiger partial charge on any atom is -0.361 e. The molecule has 1 aliphatic heterocycles. The molecular formula is C15H23N5O3S. The molecule has 3 rings (SSSR count). The molecule has 0 aliphatic carbocycles. The number of sulfonamides is 1. The highest BCUT2D eigenvalue weighted by Gasteiger charge is 2.23. The van der Waals surface area contributed by atoms with Crippen molar-refractivity contribution in [3.05, 3.63) is 35.5 Å². The van der Waals surface area contributed by atoms with E-state index in [4.69, 9.17) is 4.52 Å². The Morgan fingerprint density at radius 3 is 2.96 bits per heavy atom. The summed E-state index contributed by atoms with van der Waals surface area (Å²) in [5, 5.41) is 8.46. The number of nitrogens with zero attached hydrogens (tertiary/aromatic N) is 4. The highest BCUT2D eigenvalue weighted by Crippen LogP contribution is 2.20. The van der Waals surface area contributed by atoms with Gasteiger partial charge >= 0.3 is 0 Å². The third kappa shape index (κ3) is 4.65. The average Bonchev–Trinajstić information content (AvgIpc) is 3.03. The lowest BCUT2D eigenvalue weighted by molar-refractivity contribution is 0.209. The molecule has 2 aromatic heterocycles. The van der Waals surface area contributed by atoms with Crippen LogP contribution in [0.25, 0.3) is 0 Å². The minimum atomic E-state index is -3.15. The number of nitrogens with one attached hydrogen (secondary N) is 1. The lowest BCUT2D eigenvalue weighted by atomic mass is 10.1. The number of fused-ring (bicyclic) bond motifs is 1. The van der Waals surface area contributed by atoms with Gasteiger partial charge in [0.05, 0.1) is 17.6 Å². The van der Waals surface area contributed by atoms with Crippen LogP contribution in [0.4, 0.5) is 0 Å². The Kier molecular flexibility index (Phi) is 5.02. The van der Waals surface area contributed by atoms with Crippen LogP contribution in [-0.4, -0.2) is 47.6 Å². The normalized spacial score (nSPS) is 19.2. The molecule has 132 valence electrons. The zero-order valence-corrected chi connectivity index (χ0v) is 14.8. The predicted molar refractivity (Wildman–Crippen MR) is 88.5 cm³/mol. The van der Waals surface area contributed by atoms with Gasteiger partial charge in [-0.15, -0.1) is 0 Å². The summed E-state index contributed by atoms with van der Waals surface area (Å²) >= 11 is 0. The van der Waals surface area contributed by atoms with E-state index in [1.165, 1.54) is 6.26 Å². The van der Waals surface area contributed by atoms with Crippen molar-refractivity contribution < 1.29 is 12.9 Å². The fourth-order valence-electron chi connectivity index (χ4n) is 3.09. The molecule has 1 N–H and O–H groups in total. The second kappa shape index (κ2) is 7.04. The summed E-state index contributed by atoms with van der Waals surface area (Å²) in [4.78, 5) is 2.31. The summed E-state index contributed by atoms with van der Waals surface area (Å²) in [6, 6.07) is 3.97. The monoisotopic (exact) mass is 353 g/mol. The molecule has 1 aliphatic rings. The summed E-state index contributed by atoms with van der Waals surface area (Å²) in [5.41, 5.74) is 2.07. The van der Waals surface area contributed by atoms with E-state index in [1.54, 1.807) is 0 Å². The molecule has 9 heteroatoms. The third-order valence-corrected chi connectivity index (χ3v) is 4.85. The van der Waals surface area contributed by atoms with Gasteiger partial charge < -0.3 is 4.52 Å². The Hall–Kier alpha value is -1.71. The van der Waals surface area contributed by atoms with E-state index in [9.17, 15) is 8.42 Å². The topological polar surface area (TPSA) is 93.3 Å². The molecule has 24 heavy (non-hydrogen) atoms. The Morgan fingerprint density at radius 2 is 2.25 bits per heavy atom. The van der Waals surface area contributed by atoms with Crippen molar-refractivity contribution in [1.29, 1.82) is 0 Å². The van der Waals surface area contributed by atoms with Crippen LogP contribution >= 0.6 is 0 Å². The first kappa shape index (κ1) is 17.1. The van der Waals surface area contributed by atoms with Crippen molar-refractivity contribution in [3.63, 3.8) is 0 Å². The minimum absolute atomic E-state index is 0.313. The van der Waals surface area contributed by atoms with Crippen LogP contribution in [0.2, 0.25) is 0 Å². The molecule has 0 saturated heterocycles. The zero-order valence-electron chi connectivity index (χ0n) is 14.0. The van der Waals surface area contributed by atoms with Gasteiger partial charge in [0.25, 0.3) is 0 Å². The van der Waals surface area contributed by atoms with Gasteiger partial charge in [0.15, 0.2) is 0 Å². The molecule has 0 spiro atoms. The summed E-state index contributed by atoms with van der Waals surface area (Å²) in [5.74, 6) is 1.12. The van der Waals surface area contributed by atoms with Crippen LogP contribution in [0, 0.1) is 12.8 Å². The summed E-state index contributed by atoms with van der Waals surface area (Å²) in [6.45, 7) is 5.48. The Bertz CT molecular complexity index is 783. The van der Waals surface area contributed by atoms with E-state index in [2.05, 4.69) is 19.9 Å². The van der Waals surface area contributed by atoms with Crippen LogP contribution in [0.1, 0.15) is 23.6 Å². The SMILES string of the molecule is Cc1cc(CN2Cc3ccnn3CC(CCNS(C)(=O)=O)C2)no1. The summed E-state index contributed by atoms with van der Waals surface area (Å²) in [7, 11) is -3.15. The zero-order chi connectivity index (χ0) is 17.2. The van der Waals surface area contributed by atoms with Gasteiger partial charge in [-0.1, -0.05) is 5.16 Å². The lowest BCUT2D eigenvalue weighted by Crippen LogP contribution is -2.31. The van der Waals surface area contributed by atoms with Gasteiger partial charge in [0.1, 0.15) is 5.76 Å². The van der Waals surface area contributed by atoms with Gasteiger partial charge in [-0.3, -0.25) is 9.58 Å². The molecule has 0 amide bonds. The maximum Gasteiger partial charge on any atom is 0.208 e. The highest BCUT2D eigenvalue weighted by molar-refractivity contribution is 7.88. The summed E-state index contributed by atoms with van der Waals surface area (Å²) in [6.07, 6.45) is 3.76. The largest absolute Gasteiger partial charge is 0.361 e. The molecule has 3 heterocycles. The van der Waals surface area contributed by atoms with Gasteiger partial charge in [0.2, 0.25) is 10.0 Å². The Labute approximate surface area is 141 Å². The first-order valence-corrected chi connectivity index (χ1v) is 9.88. The van der Waals surface area contributed by atoms with Crippen LogP contribution in [0.5, 0.6) is 0 Å². The first-order chi connectivity index (χ1) is 11.4. The van der Waals surface area contributed by atoms with E-state index < -0.39 is 10.0 Å². The van der Waals surface area contributed by atoms with Crippen LogP contribution < -0.4 is 4.72 Å². The molecule has 0 saturated carbocycles. The number of aromatic nitrogens is 3. The van der Waals surface area contributed by atoms with Gasteiger partial charge in [-0.05, 0) is 25.3 Å². The number of hydrogen-bond donors (Lipinski definition) is 1. The van der Waals surface area contributed by atoms with Crippen LogP contribution in [0.3, 0.4) is 0 Å². The van der Waals surface area contributed by atoms with Crippen molar-refractivity contribution in [2.75, 3.05) is 19.3 Å². The van der Waals surface area contributed by atoms with E-state index >= 15 is 0 Å². The molecule has 8 nitrogen and oxygen atoms in total. The molecule has 0 radical (unpaired) electrons. The van der Waals surface area contributed by atoms with Crippen molar-refractivity contribution >= 4 is 10.0 Å². The van der Waals surface area contributed by atoms with Crippen molar-refractivity contribution in [2.24, 2.45) is 5.92 Å². The standard InChI is InChI=1S/C15H23N5O3S/c1-12-7-14(18-23-12)10-19-8-13(3-6-17-24(2,21)22)9-20-15(11-19)4-5-16-20/h4-5,7,13,17H,3,6,8-11H2,1-2H3. The Morgan fingerprint density at radius 1 is 1.42 bits per heavy atom. The Balaban J connectivity index is 1.68. The molecule has 0 fully saturated rings. The third-order valence-electron chi connectivity index (χ3n) is 4.12. The molecule has 1 atom stereocenters. The fourth-order valence-corrected chi connectivity index (χ4v) is 3.58. The number of aryl methyl sites for hydroxylation is 1. The maximum absolute atomic E-state index is 11.2. The molecule has 0 aromatic carbocycles. The van der Waals surface area contributed by atoms with Crippen LogP contribution in [0.15, 0.2) is 22.9 Å². The second-order valence-corrected chi connectivity index (χ2v) is 8.26. The van der Waals surface area contributed by atoms with Crippen molar-refractivity contribution in [3.8, 4) is 0 Å². The van der Waals surface area contributed by atoms with Crippen molar-refractivity contribution in [1.82, 2.24) is 24.6 Å². The van der Waals surface area contributed by atoms with Crippen LogP contribution in [-0.2, 0) is 29.7 Å². The quantitative estimate of drug-likeness (QED) is 0.824. The maximum atomic E-state index is 11.2. The fraction of sp³-hybridized carbons (Fsp3) is 0.600. The number of hydrogen-bond acceptors (Lipinski definition) is 6. The molecule has 1 unspecified atom stereocenters. The van der Waals surface area contributed by atoms with Gasteiger partial charge in [-0.2, -0.15) is 5.10 Å². The van der Waals surface area contributed by atoms with Crippen molar-refractivity contribution in [2.45, 2.75) is 33.0 Å². The smallest absolute Gasteiger partial charge is 0.208 e. The molecular weight excluding hydrogens is 330 g/mol. The number of rotatable bonds is 6. The molecule has 0 bridgehead atoms. The lowest BCUT2D eigenvalue weighted by Gasteiger charge is -2.22. The van der Waals surface area contributed by atoms with Gasteiger partial charge in [0, 0.05) is 45.0 Å². The second-order valence-electron chi connectivity index (χ2n) is 6.42. The van der Waals surface area contributed by atoms with E-state index in [-0.39, 0.29) is 0 Å². The summed E-state index contributed by atoms with van der Waals surface area (Å²) < 4.78 is 32.2. The van der Waals surface area contributed by atoms with E-state index in [1.807, 2.05) is 29.9 Å². The predicted octanol–water partition coefficient (Wildman–Crippen LogP) is 0.751. The van der Waals surface area contributed by atoms with Gasteiger partial charge in [-0.25, -0.2) is 13.1 Å². The first-order valence-electron chi connectivity index (χ1n) is 7.99.